The van der Waals surface area contributed by atoms with Crippen LogP contribution in [0.4, 0.5) is 5.69 Å². The molecule has 28 heavy (non-hydrogen) atoms. The molecule has 0 aromatic heterocycles. The Kier molecular flexibility index (Phi) is 8.43. The van der Waals surface area contributed by atoms with Crippen LogP contribution in [0.3, 0.4) is 0 Å². The smallest absolute Gasteiger partial charge is 0.252 e. The largest absolute Gasteiger partial charge is 0.339 e. The second-order valence-electron chi connectivity index (χ2n) is 6.00. The zero-order valence-electron chi connectivity index (χ0n) is 14.7. The first-order valence-electron chi connectivity index (χ1n) is 7.95. The van der Waals surface area contributed by atoms with Crippen LogP contribution in [-0.4, -0.2) is 21.0 Å². The van der Waals surface area contributed by atoms with Crippen LogP contribution >= 0.6 is 78.9 Å². The maximum absolute atomic E-state index is 12.5. The van der Waals surface area contributed by atoms with E-state index >= 15 is 0 Å². The standard InChI is InChI=1S/C18H16Br2Cl3N3OS/c1-9-4-3-5-11(6-9)15(27)25-16(18(21,22)23)26-17(28)24-14-10(2)7-12(19)8-13(14)20/h3-8,16H,1-2H3,(H,25,27)(H2,24,26,28). The molecule has 0 aliphatic carbocycles. The average Bonchev–Trinajstić information content (AvgIpc) is 2.56. The molecule has 10 heteroatoms. The third-order valence-corrected chi connectivity index (χ3v) is 5.61. The molecule has 0 fully saturated rings. The number of carbonyl (C=O) groups excluding carboxylic acids is 1. The number of anilines is 1. The highest BCUT2D eigenvalue weighted by atomic mass is 79.9. The predicted octanol–water partition coefficient (Wildman–Crippen LogP) is 6.24. The van der Waals surface area contributed by atoms with Gasteiger partial charge in [0.15, 0.2) is 5.11 Å². The van der Waals surface area contributed by atoms with Gasteiger partial charge in [0.1, 0.15) is 6.17 Å². The molecular weight excluding hydrogens is 572 g/mol. The molecule has 4 nitrogen and oxygen atoms in total. The monoisotopic (exact) mass is 585 g/mol. The third-order valence-electron chi connectivity index (χ3n) is 3.65. The van der Waals surface area contributed by atoms with Gasteiger partial charge in [-0.05, 0) is 71.8 Å². The summed E-state index contributed by atoms with van der Waals surface area (Å²) in [7, 11) is 0. The molecule has 1 amide bonds. The summed E-state index contributed by atoms with van der Waals surface area (Å²) in [4.78, 5) is 12.5. The number of nitrogens with one attached hydrogen (secondary N) is 3. The molecule has 0 aliphatic heterocycles. The van der Waals surface area contributed by atoms with Crippen LogP contribution in [-0.2, 0) is 0 Å². The number of thiocarbonyl (C=S) groups is 1. The number of alkyl halides is 3. The van der Waals surface area contributed by atoms with Crippen LogP contribution in [0.25, 0.3) is 0 Å². The molecule has 0 spiro atoms. The molecular formula is C18H16Br2Cl3N3OS. The van der Waals surface area contributed by atoms with Gasteiger partial charge >= 0.3 is 0 Å². The number of hydrogen-bond donors (Lipinski definition) is 3. The molecule has 1 atom stereocenters. The topological polar surface area (TPSA) is 53.2 Å². The number of aryl methyl sites for hydroxylation is 2. The Labute approximate surface area is 200 Å². The van der Waals surface area contributed by atoms with E-state index < -0.39 is 15.9 Å². The van der Waals surface area contributed by atoms with Gasteiger partial charge in [-0.25, -0.2) is 0 Å². The molecule has 3 N–H and O–H groups in total. The molecule has 150 valence electrons. The van der Waals surface area contributed by atoms with Crippen LogP contribution in [0, 0.1) is 13.8 Å². The van der Waals surface area contributed by atoms with Crippen molar-refractivity contribution in [3.63, 3.8) is 0 Å². The van der Waals surface area contributed by atoms with Gasteiger partial charge in [-0.3, -0.25) is 4.79 Å². The van der Waals surface area contributed by atoms with E-state index in [1.807, 2.05) is 32.0 Å². The molecule has 2 aromatic carbocycles. The summed E-state index contributed by atoms with van der Waals surface area (Å²) in [5, 5.41) is 8.76. The van der Waals surface area contributed by atoms with E-state index in [1.54, 1.807) is 18.2 Å². The summed E-state index contributed by atoms with van der Waals surface area (Å²) in [6.45, 7) is 3.81. The fraction of sp³-hybridized carbons (Fsp3) is 0.222. The number of hydrogen-bond acceptors (Lipinski definition) is 2. The van der Waals surface area contributed by atoms with Crippen LogP contribution in [0.5, 0.6) is 0 Å². The Hall–Kier alpha value is -0.570. The van der Waals surface area contributed by atoms with Gasteiger partial charge in [0, 0.05) is 14.5 Å². The molecule has 2 aromatic rings. The predicted molar refractivity (Wildman–Crippen MR) is 129 cm³/mol. The molecule has 0 heterocycles. The molecule has 0 saturated carbocycles. The normalized spacial score (nSPS) is 12.2. The Bertz CT molecular complexity index is 883. The highest BCUT2D eigenvalue weighted by Gasteiger charge is 2.35. The molecule has 1 unspecified atom stereocenters. The van der Waals surface area contributed by atoms with Gasteiger partial charge in [0.25, 0.3) is 5.91 Å². The van der Waals surface area contributed by atoms with Gasteiger partial charge in [0.2, 0.25) is 3.79 Å². The Morgan fingerprint density at radius 1 is 1.11 bits per heavy atom. The van der Waals surface area contributed by atoms with Gasteiger partial charge in [-0.2, -0.15) is 0 Å². The van der Waals surface area contributed by atoms with E-state index in [9.17, 15) is 4.79 Å². The number of halogens is 5. The maximum atomic E-state index is 12.5. The Morgan fingerprint density at radius 2 is 1.79 bits per heavy atom. The van der Waals surface area contributed by atoms with Gasteiger partial charge < -0.3 is 16.0 Å². The zero-order valence-corrected chi connectivity index (χ0v) is 21.0. The minimum atomic E-state index is -1.84. The minimum Gasteiger partial charge on any atom is -0.339 e. The molecule has 0 radical (unpaired) electrons. The summed E-state index contributed by atoms with van der Waals surface area (Å²) < 4.78 is -0.110. The number of benzene rings is 2. The van der Waals surface area contributed by atoms with E-state index in [4.69, 9.17) is 47.0 Å². The van der Waals surface area contributed by atoms with Crippen molar-refractivity contribution >= 4 is 95.6 Å². The summed E-state index contributed by atoms with van der Waals surface area (Å²) in [6.07, 6.45) is -1.06. The first kappa shape index (κ1) is 23.7. The maximum Gasteiger partial charge on any atom is 0.252 e. The molecule has 0 bridgehead atoms. The number of carbonyl (C=O) groups is 1. The highest BCUT2D eigenvalue weighted by molar-refractivity contribution is 9.11. The molecule has 0 aliphatic rings. The SMILES string of the molecule is Cc1cccc(C(=O)NC(NC(=S)Nc2c(C)cc(Br)cc2Br)C(Cl)(Cl)Cl)c1. The van der Waals surface area contributed by atoms with E-state index in [-0.39, 0.29) is 5.11 Å². The van der Waals surface area contributed by atoms with Gasteiger partial charge in [-0.1, -0.05) is 68.4 Å². The van der Waals surface area contributed by atoms with E-state index in [0.29, 0.717) is 5.56 Å². The van der Waals surface area contributed by atoms with E-state index in [0.717, 1.165) is 25.8 Å². The fourth-order valence-electron chi connectivity index (χ4n) is 2.34. The quantitative estimate of drug-likeness (QED) is 0.225. The van der Waals surface area contributed by atoms with Gasteiger partial charge in [0.05, 0.1) is 5.69 Å². The Morgan fingerprint density at radius 3 is 2.36 bits per heavy atom. The zero-order chi connectivity index (χ0) is 21.1. The van der Waals surface area contributed by atoms with Crippen molar-refractivity contribution in [3.8, 4) is 0 Å². The lowest BCUT2D eigenvalue weighted by atomic mass is 10.1. The fourth-order valence-corrected chi connectivity index (χ4v) is 4.43. The van der Waals surface area contributed by atoms with Crippen molar-refractivity contribution < 1.29 is 4.79 Å². The average molecular weight is 589 g/mol. The lowest BCUT2D eigenvalue weighted by Gasteiger charge is -2.28. The van der Waals surface area contributed by atoms with Crippen molar-refractivity contribution in [2.45, 2.75) is 23.8 Å². The van der Waals surface area contributed by atoms with Crippen LogP contribution in [0.15, 0.2) is 45.3 Å². The van der Waals surface area contributed by atoms with Crippen molar-refractivity contribution in [2.75, 3.05) is 5.32 Å². The van der Waals surface area contributed by atoms with Crippen molar-refractivity contribution in [2.24, 2.45) is 0 Å². The number of rotatable bonds is 4. The summed E-state index contributed by atoms with van der Waals surface area (Å²) in [6, 6.07) is 10.9. The summed E-state index contributed by atoms with van der Waals surface area (Å²) in [5.41, 5.74) is 3.10. The lowest BCUT2D eigenvalue weighted by Crippen LogP contribution is -2.56. The van der Waals surface area contributed by atoms with Crippen molar-refractivity contribution in [1.29, 1.82) is 0 Å². The van der Waals surface area contributed by atoms with Gasteiger partial charge in [-0.15, -0.1) is 0 Å². The van der Waals surface area contributed by atoms with E-state index in [2.05, 4.69) is 47.8 Å². The van der Waals surface area contributed by atoms with Crippen molar-refractivity contribution in [1.82, 2.24) is 10.6 Å². The van der Waals surface area contributed by atoms with E-state index in [1.165, 1.54) is 0 Å². The third kappa shape index (κ3) is 6.75. The highest BCUT2D eigenvalue weighted by Crippen LogP contribution is 2.31. The minimum absolute atomic E-state index is 0.187. The van der Waals surface area contributed by atoms with Crippen LogP contribution < -0.4 is 16.0 Å². The van der Waals surface area contributed by atoms with Crippen molar-refractivity contribution in [3.05, 3.63) is 62.0 Å². The summed E-state index contributed by atoms with van der Waals surface area (Å²) >= 11 is 30.4. The molecule has 2 rings (SSSR count). The Balaban J connectivity index is 2.14. The van der Waals surface area contributed by atoms with Crippen LogP contribution in [0.2, 0.25) is 0 Å². The summed E-state index contributed by atoms with van der Waals surface area (Å²) in [5.74, 6) is -0.392. The second-order valence-corrected chi connectivity index (χ2v) is 10.5. The molecule has 0 saturated heterocycles. The second kappa shape index (κ2) is 9.96. The number of amides is 1. The first-order chi connectivity index (χ1) is 13.0. The first-order valence-corrected chi connectivity index (χ1v) is 11.1. The lowest BCUT2D eigenvalue weighted by molar-refractivity contribution is 0.0934. The van der Waals surface area contributed by atoms with Crippen LogP contribution in [0.1, 0.15) is 21.5 Å².